The Morgan fingerprint density at radius 2 is 1.71 bits per heavy atom. The Bertz CT molecular complexity index is 1180. The summed E-state index contributed by atoms with van der Waals surface area (Å²) in [7, 11) is 0. The van der Waals surface area contributed by atoms with E-state index in [2.05, 4.69) is 37.5 Å². The first-order valence-electron chi connectivity index (χ1n) is 16.3. The lowest BCUT2D eigenvalue weighted by Crippen LogP contribution is -2.62. The van der Waals surface area contributed by atoms with Crippen LogP contribution < -0.4 is 0 Å². The van der Waals surface area contributed by atoms with Crippen LogP contribution in [0.1, 0.15) is 91.0 Å². The molecule has 1 aromatic rings. The lowest BCUT2D eigenvalue weighted by molar-refractivity contribution is -0.160. The third-order valence-electron chi connectivity index (χ3n) is 12.8. The molecule has 6 rings (SSSR count). The lowest BCUT2D eigenvalue weighted by atomic mass is 9.44. The summed E-state index contributed by atoms with van der Waals surface area (Å²) in [5, 5.41) is 12.0. The van der Waals surface area contributed by atoms with E-state index in [1.165, 1.54) is 25.3 Å². The van der Waals surface area contributed by atoms with Crippen LogP contribution in [0.3, 0.4) is 0 Å². The number of nitrogens with zero attached hydrogens (tertiary/aromatic N) is 2. The van der Waals surface area contributed by atoms with Crippen molar-refractivity contribution in [3.8, 4) is 0 Å². The first kappa shape index (κ1) is 30.9. The van der Waals surface area contributed by atoms with Gasteiger partial charge in [0.1, 0.15) is 5.78 Å². The van der Waals surface area contributed by atoms with Crippen LogP contribution >= 0.6 is 11.8 Å². The van der Waals surface area contributed by atoms with E-state index in [-0.39, 0.29) is 39.6 Å². The predicted molar refractivity (Wildman–Crippen MR) is 161 cm³/mol. The van der Waals surface area contributed by atoms with Crippen molar-refractivity contribution in [2.24, 2.45) is 34.5 Å². The van der Waals surface area contributed by atoms with E-state index in [0.717, 1.165) is 57.2 Å². The number of thioether (sulfide) groups is 1. The van der Waals surface area contributed by atoms with Crippen molar-refractivity contribution in [1.82, 2.24) is 9.80 Å². The van der Waals surface area contributed by atoms with E-state index in [1.54, 1.807) is 12.1 Å². The number of carbonyl (C=O) groups is 1. The summed E-state index contributed by atoms with van der Waals surface area (Å²) in [5.41, 5.74) is -3.88. The number of ketones is 1. The van der Waals surface area contributed by atoms with Crippen molar-refractivity contribution in [2.75, 3.05) is 19.6 Å². The van der Waals surface area contributed by atoms with Crippen molar-refractivity contribution in [3.63, 3.8) is 0 Å². The van der Waals surface area contributed by atoms with Crippen LogP contribution in [0.15, 0.2) is 29.2 Å². The number of alkyl halides is 3. The monoisotopic (exact) mass is 606 g/mol. The van der Waals surface area contributed by atoms with Gasteiger partial charge in [-0.25, -0.2) is 0 Å². The molecule has 1 heterocycles. The van der Waals surface area contributed by atoms with Crippen LogP contribution in [0.4, 0.5) is 13.2 Å². The summed E-state index contributed by atoms with van der Waals surface area (Å²) in [6.07, 6.45) is 9.25. The van der Waals surface area contributed by atoms with Gasteiger partial charge in [0.15, 0.2) is 0 Å². The zero-order valence-electron chi connectivity index (χ0n) is 25.8. The van der Waals surface area contributed by atoms with Crippen molar-refractivity contribution < 1.29 is 23.1 Å². The summed E-state index contributed by atoms with van der Waals surface area (Å²) < 4.78 is 38.7. The van der Waals surface area contributed by atoms with Gasteiger partial charge >= 0.3 is 5.51 Å². The number of halogens is 3. The standard InChI is InChI=1S/C34H49F3N2O2S/c1-22-19-39(23(2)18-38(22)20-24-6-5-7-26(16-24)42-34(35,36)37)21-33(41)15-14-31(3)25(17-33)8-9-27-28-10-11-30(40)32(28,4)13-12-29(27)31/h5-7,16,22-23,25,27-29,41H,8-15,17-21H2,1-4H3/t22-,23+,25-,27-,28-,29-,31-,32-,33+/m0/s1. The van der Waals surface area contributed by atoms with Gasteiger partial charge < -0.3 is 5.11 Å². The maximum absolute atomic E-state index is 12.9. The van der Waals surface area contributed by atoms with Gasteiger partial charge in [-0.05, 0) is 124 Å². The van der Waals surface area contributed by atoms with E-state index >= 15 is 0 Å². The zero-order chi connectivity index (χ0) is 30.1. The number of rotatable bonds is 5. The van der Waals surface area contributed by atoms with Gasteiger partial charge in [0.2, 0.25) is 0 Å². The number of fused-ring (bicyclic) bond motifs is 5. The second kappa shape index (κ2) is 11.1. The molecule has 42 heavy (non-hydrogen) atoms. The van der Waals surface area contributed by atoms with E-state index in [0.29, 0.717) is 42.5 Å². The second-order valence-corrected chi connectivity index (χ2v) is 16.4. The molecule has 9 atom stereocenters. The summed E-state index contributed by atoms with van der Waals surface area (Å²) in [6, 6.07) is 7.33. The molecule has 0 radical (unpaired) electrons. The maximum Gasteiger partial charge on any atom is 0.446 e. The van der Waals surface area contributed by atoms with Crippen molar-refractivity contribution in [2.45, 2.75) is 120 Å². The minimum atomic E-state index is -4.28. The number of aliphatic hydroxyl groups is 1. The molecular formula is C34H49F3N2O2S. The van der Waals surface area contributed by atoms with Crippen LogP contribution in [-0.2, 0) is 11.3 Å². The molecule has 0 amide bonds. The number of β-amino-alcohol motifs (C(OH)–C–C–N with tert-alkyl or cyclic N) is 1. The highest BCUT2D eigenvalue weighted by Crippen LogP contribution is 2.66. The average molecular weight is 607 g/mol. The number of carbonyl (C=O) groups excluding carboxylic acids is 1. The molecule has 1 aliphatic heterocycles. The third-order valence-corrected chi connectivity index (χ3v) is 13.5. The predicted octanol–water partition coefficient (Wildman–Crippen LogP) is 7.54. The van der Waals surface area contributed by atoms with Gasteiger partial charge in [0, 0.05) is 55.0 Å². The molecule has 8 heteroatoms. The number of piperazine rings is 1. The first-order chi connectivity index (χ1) is 19.7. The molecule has 1 saturated heterocycles. The Kier molecular flexibility index (Phi) is 8.14. The Balaban J connectivity index is 1.07. The van der Waals surface area contributed by atoms with Gasteiger partial charge in [0.25, 0.3) is 0 Å². The van der Waals surface area contributed by atoms with Gasteiger partial charge in [-0.15, -0.1) is 0 Å². The molecule has 0 aromatic heterocycles. The molecule has 5 fully saturated rings. The number of hydrogen-bond donors (Lipinski definition) is 1. The van der Waals surface area contributed by atoms with E-state index in [9.17, 15) is 23.1 Å². The van der Waals surface area contributed by atoms with Gasteiger partial charge in [-0.1, -0.05) is 26.0 Å². The first-order valence-corrected chi connectivity index (χ1v) is 17.1. The summed E-state index contributed by atoms with van der Waals surface area (Å²) >= 11 is -0.0530. The molecule has 4 nitrogen and oxygen atoms in total. The van der Waals surface area contributed by atoms with Crippen molar-refractivity contribution in [3.05, 3.63) is 29.8 Å². The molecule has 0 unspecified atom stereocenters. The molecule has 234 valence electrons. The Morgan fingerprint density at radius 3 is 2.48 bits per heavy atom. The van der Waals surface area contributed by atoms with Gasteiger partial charge in [0.05, 0.1) is 5.60 Å². The number of hydrogen-bond acceptors (Lipinski definition) is 5. The van der Waals surface area contributed by atoms with Crippen LogP contribution in [0.5, 0.6) is 0 Å². The maximum atomic E-state index is 12.9. The highest BCUT2D eigenvalue weighted by atomic mass is 32.2. The highest BCUT2D eigenvalue weighted by Gasteiger charge is 2.61. The zero-order valence-corrected chi connectivity index (χ0v) is 26.6. The molecular weight excluding hydrogens is 557 g/mol. The molecule has 1 N–H and O–H groups in total. The largest absolute Gasteiger partial charge is 0.446 e. The molecule has 1 aromatic carbocycles. The van der Waals surface area contributed by atoms with Crippen LogP contribution in [0, 0.1) is 34.5 Å². The molecule has 4 aliphatic carbocycles. The van der Waals surface area contributed by atoms with Crippen LogP contribution in [0.2, 0.25) is 0 Å². The Hall–Kier alpha value is -1.09. The van der Waals surface area contributed by atoms with Crippen molar-refractivity contribution >= 4 is 17.5 Å². The normalized spacial score (nSPS) is 43.1. The SMILES string of the molecule is C[C@@H]1CN(Cc2cccc(SC(F)(F)F)c2)[C@@H](C)CN1C[C@@]1(O)CC[C@@]2(C)[C@@H](CC[C@@H]3[C@@H]2CC[C@]2(C)C(=O)CC[C@@H]32)C1. The number of benzene rings is 1. The Labute approximate surface area is 254 Å². The lowest BCUT2D eigenvalue weighted by Gasteiger charge is -2.61. The van der Waals surface area contributed by atoms with E-state index in [1.807, 2.05) is 6.07 Å². The summed E-state index contributed by atoms with van der Waals surface area (Å²) in [5.74, 6) is 2.96. The third kappa shape index (κ3) is 5.72. The second-order valence-electron chi connectivity index (χ2n) is 15.3. The van der Waals surface area contributed by atoms with Crippen LogP contribution in [-0.4, -0.2) is 63.5 Å². The summed E-state index contributed by atoms with van der Waals surface area (Å²) in [6.45, 7) is 12.2. The molecule has 5 aliphatic rings. The molecule has 4 saturated carbocycles. The van der Waals surface area contributed by atoms with Gasteiger partial charge in [-0.3, -0.25) is 14.6 Å². The molecule has 0 bridgehead atoms. The molecule has 0 spiro atoms. The number of Topliss-reactive ketones (excluding diaryl/α,β-unsaturated/α-hetero) is 1. The average Bonchev–Trinajstić information content (AvgIpc) is 3.21. The Morgan fingerprint density at radius 1 is 0.976 bits per heavy atom. The smallest absolute Gasteiger partial charge is 0.389 e. The quantitative estimate of drug-likeness (QED) is 0.351. The fourth-order valence-corrected chi connectivity index (χ4v) is 11.0. The van der Waals surface area contributed by atoms with Gasteiger partial charge in [-0.2, -0.15) is 13.2 Å². The summed E-state index contributed by atoms with van der Waals surface area (Å²) in [4.78, 5) is 17.8. The van der Waals surface area contributed by atoms with E-state index in [4.69, 9.17) is 0 Å². The highest BCUT2D eigenvalue weighted by molar-refractivity contribution is 8.00. The topological polar surface area (TPSA) is 43.8 Å². The van der Waals surface area contributed by atoms with Crippen molar-refractivity contribution in [1.29, 1.82) is 0 Å². The fourth-order valence-electron chi connectivity index (χ4n) is 10.4. The minimum Gasteiger partial charge on any atom is -0.389 e. The minimum absolute atomic E-state index is 0.0530. The van der Waals surface area contributed by atoms with Crippen LogP contribution in [0.25, 0.3) is 0 Å². The fraction of sp³-hybridized carbons (Fsp3) is 0.794. The van der Waals surface area contributed by atoms with E-state index < -0.39 is 11.1 Å².